The molecule has 0 aliphatic rings. The van der Waals surface area contributed by atoms with E-state index in [1.807, 2.05) is 0 Å². The molecule has 2 rings (SSSR count). The van der Waals surface area contributed by atoms with Crippen molar-refractivity contribution in [2.24, 2.45) is 0 Å². The summed E-state index contributed by atoms with van der Waals surface area (Å²) in [4.78, 5) is 15.3. The number of rotatable bonds is 5. The second-order valence-electron chi connectivity index (χ2n) is 4.47. The molecule has 2 aromatic rings. The number of phenols is 2. The molecule has 7 heteroatoms. The Kier molecular flexibility index (Phi) is 3.79. The minimum atomic E-state index is -1.02. The van der Waals surface area contributed by atoms with Crippen molar-refractivity contribution >= 4 is 5.97 Å². The fraction of sp³-hybridized carbons (Fsp3) is 0.231. The van der Waals surface area contributed by atoms with E-state index in [2.05, 4.69) is 10.4 Å². The van der Waals surface area contributed by atoms with E-state index in [4.69, 9.17) is 0 Å². The standard InChI is InChI=1S/C13H15N3O4/c1-8-6-16(7-14-8)15-10(13(19)20)4-9-2-3-11(17)12(18)5-9/h2-3,5-7,10,15,17-18H,4H2,1H3,(H,19,20)/t10-/m0/s1. The largest absolute Gasteiger partial charge is 0.504 e. The number of nitrogens with one attached hydrogen (secondary N) is 1. The Morgan fingerprint density at radius 3 is 2.70 bits per heavy atom. The highest BCUT2D eigenvalue weighted by Gasteiger charge is 2.18. The van der Waals surface area contributed by atoms with Crippen LogP contribution >= 0.6 is 0 Å². The van der Waals surface area contributed by atoms with Crippen LogP contribution in [-0.4, -0.2) is 37.0 Å². The first-order chi connectivity index (χ1) is 9.45. The van der Waals surface area contributed by atoms with Crippen molar-refractivity contribution in [3.8, 4) is 11.5 Å². The molecule has 0 saturated heterocycles. The third kappa shape index (κ3) is 3.19. The predicted octanol–water partition coefficient (Wildman–Crippen LogP) is 0.842. The van der Waals surface area contributed by atoms with Crippen molar-refractivity contribution in [2.75, 3.05) is 5.43 Å². The van der Waals surface area contributed by atoms with Crippen molar-refractivity contribution < 1.29 is 20.1 Å². The van der Waals surface area contributed by atoms with Gasteiger partial charge in [-0.15, -0.1) is 0 Å². The molecule has 0 unspecified atom stereocenters. The summed E-state index contributed by atoms with van der Waals surface area (Å²) in [5.41, 5.74) is 4.15. The average molecular weight is 277 g/mol. The van der Waals surface area contributed by atoms with E-state index in [0.717, 1.165) is 5.69 Å². The fourth-order valence-corrected chi connectivity index (χ4v) is 1.79. The topological polar surface area (TPSA) is 108 Å². The van der Waals surface area contributed by atoms with Crippen LogP contribution in [0.5, 0.6) is 11.5 Å². The molecule has 0 radical (unpaired) electrons. The first-order valence-electron chi connectivity index (χ1n) is 5.96. The molecule has 0 amide bonds. The van der Waals surface area contributed by atoms with Gasteiger partial charge in [-0.3, -0.25) is 4.68 Å². The predicted molar refractivity (Wildman–Crippen MR) is 71.2 cm³/mol. The molecule has 106 valence electrons. The van der Waals surface area contributed by atoms with Crippen LogP contribution in [0.1, 0.15) is 11.3 Å². The minimum absolute atomic E-state index is 0.153. The van der Waals surface area contributed by atoms with Gasteiger partial charge in [0.25, 0.3) is 0 Å². The van der Waals surface area contributed by atoms with Crippen molar-refractivity contribution in [3.63, 3.8) is 0 Å². The monoisotopic (exact) mass is 277 g/mol. The van der Waals surface area contributed by atoms with Crippen LogP contribution in [-0.2, 0) is 11.2 Å². The molecule has 0 fully saturated rings. The maximum Gasteiger partial charge on any atom is 0.328 e. The summed E-state index contributed by atoms with van der Waals surface area (Å²) in [7, 11) is 0. The Hall–Kier alpha value is -2.70. The second-order valence-corrected chi connectivity index (χ2v) is 4.47. The number of nitrogens with zero attached hydrogens (tertiary/aromatic N) is 2. The van der Waals surface area contributed by atoms with Crippen LogP contribution in [0.2, 0.25) is 0 Å². The Morgan fingerprint density at radius 1 is 1.40 bits per heavy atom. The van der Waals surface area contributed by atoms with Gasteiger partial charge in [0.1, 0.15) is 12.4 Å². The number of hydrogen-bond acceptors (Lipinski definition) is 5. The highest BCUT2D eigenvalue weighted by atomic mass is 16.4. The van der Waals surface area contributed by atoms with Gasteiger partial charge >= 0.3 is 5.97 Å². The van der Waals surface area contributed by atoms with E-state index in [0.29, 0.717) is 5.56 Å². The van der Waals surface area contributed by atoms with Gasteiger partial charge in [-0.25, -0.2) is 9.78 Å². The molecule has 7 nitrogen and oxygen atoms in total. The number of aromatic hydroxyl groups is 2. The molecule has 1 aromatic carbocycles. The number of imidazole rings is 1. The van der Waals surface area contributed by atoms with Crippen molar-refractivity contribution in [1.29, 1.82) is 0 Å². The van der Waals surface area contributed by atoms with Crippen LogP contribution < -0.4 is 5.43 Å². The third-order valence-electron chi connectivity index (χ3n) is 2.79. The lowest BCUT2D eigenvalue weighted by Crippen LogP contribution is -2.36. The zero-order valence-electron chi connectivity index (χ0n) is 10.8. The van der Waals surface area contributed by atoms with E-state index < -0.39 is 12.0 Å². The van der Waals surface area contributed by atoms with Gasteiger partial charge in [-0.2, -0.15) is 0 Å². The number of aromatic nitrogens is 2. The van der Waals surface area contributed by atoms with E-state index in [-0.39, 0.29) is 17.9 Å². The van der Waals surface area contributed by atoms with Crippen LogP contribution in [0.3, 0.4) is 0 Å². The molecular formula is C13H15N3O4. The van der Waals surface area contributed by atoms with Gasteiger partial charge in [0.2, 0.25) is 0 Å². The summed E-state index contributed by atoms with van der Waals surface area (Å²) in [6, 6.07) is 3.34. The smallest absolute Gasteiger partial charge is 0.328 e. The molecule has 1 aromatic heterocycles. The molecule has 20 heavy (non-hydrogen) atoms. The first kappa shape index (κ1) is 13.7. The summed E-state index contributed by atoms with van der Waals surface area (Å²) < 4.78 is 1.48. The Morgan fingerprint density at radius 2 is 2.15 bits per heavy atom. The molecule has 0 spiro atoms. The summed E-state index contributed by atoms with van der Waals surface area (Å²) in [5.74, 6) is -1.53. The van der Waals surface area contributed by atoms with E-state index in [1.165, 1.54) is 23.1 Å². The van der Waals surface area contributed by atoms with Gasteiger partial charge in [0.15, 0.2) is 11.5 Å². The quantitative estimate of drug-likeness (QED) is 0.603. The van der Waals surface area contributed by atoms with Gasteiger partial charge < -0.3 is 20.7 Å². The number of aryl methyl sites for hydroxylation is 1. The summed E-state index contributed by atoms with van der Waals surface area (Å²) in [6.07, 6.45) is 3.31. The summed E-state index contributed by atoms with van der Waals surface area (Å²) >= 11 is 0. The zero-order chi connectivity index (χ0) is 14.7. The maximum atomic E-state index is 11.3. The highest BCUT2D eigenvalue weighted by molar-refractivity contribution is 5.75. The lowest BCUT2D eigenvalue weighted by molar-refractivity contribution is -0.138. The maximum absolute atomic E-state index is 11.3. The van der Waals surface area contributed by atoms with Gasteiger partial charge in [0, 0.05) is 12.6 Å². The van der Waals surface area contributed by atoms with Gasteiger partial charge in [-0.05, 0) is 24.6 Å². The molecule has 0 aliphatic heterocycles. The number of carbonyl (C=O) groups is 1. The number of phenolic OH excluding ortho intramolecular Hbond substituents is 2. The van der Waals surface area contributed by atoms with Crippen LogP contribution in [0.25, 0.3) is 0 Å². The zero-order valence-corrected chi connectivity index (χ0v) is 10.8. The first-order valence-corrected chi connectivity index (χ1v) is 5.96. The number of benzene rings is 1. The molecular weight excluding hydrogens is 262 g/mol. The highest BCUT2D eigenvalue weighted by Crippen LogP contribution is 2.25. The van der Waals surface area contributed by atoms with Gasteiger partial charge in [-0.1, -0.05) is 6.07 Å². The SMILES string of the molecule is Cc1cn(N[C@@H](Cc2ccc(O)c(O)c2)C(=O)O)cn1. The Labute approximate surface area is 115 Å². The number of hydrogen-bond donors (Lipinski definition) is 4. The number of carboxylic acids is 1. The van der Waals surface area contributed by atoms with E-state index >= 15 is 0 Å². The third-order valence-corrected chi connectivity index (χ3v) is 2.79. The molecule has 1 heterocycles. The van der Waals surface area contributed by atoms with Crippen LogP contribution in [0.4, 0.5) is 0 Å². The molecule has 0 saturated carbocycles. The molecule has 1 atom stereocenters. The van der Waals surface area contributed by atoms with E-state index in [9.17, 15) is 20.1 Å². The fourth-order valence-electron chi connectivity index (χ4n) is 1.79. The normalized spacial score (nSPS) is 12.1. The minimum Gasteiger partial charge on any atom is -0.504 e. The molecule has 4 N–H and O–H groups in total. The summed E-state index contributed by atoms with van der Waals surface area (Å²) in [6.45, 7) is 1.80. The molecule has 0 bridgehead atoms. The Bertz CT molecular complexity index is 624. The summed E-state index contributed by atoms with van der Waals surface area (Å²) in [5, 5.41) is 27.9. The van der Waals surface area contributed by atoms with Crippen LogP contribution in [0, 0.1) is 6.92 Å². The van der Waals surface area contributed by atoms with E-state index in [1.54, 1.807) is 19.2 Å². The Balaban J connectivity index is 2.13. The lowest BCUT2D eigenvalue weighted by atomic mass is 10.1. The molecule has 0 aliphatic carbocycles. The average Bonchev–Trinajstić information content (AvgIpc) is 2.78. The lowest BCUT2D eigenvalue weighted by Gasteiger charge is -2.16. The van der Waals surface area contributed by atoms with Crippen molar-refractivity contribution in [2.45, 2.75) is 19.4 Å². The van der Waals surface area contributed by atoms with Crippen molar-refractivity contribution in [1.82, 2.24) is 9.66 Å². The number of aliphatic carboxylic acids is 1. The van der Waals surface area contributed by atoms with Gasteiger partial charge in [0.05, 0.1) is 5.69 Å². The van der Waals surface area contributed by atoms with Crippen molar-refractivity contribution in [3.05, 3.63) is 42.0 Å². The number of carboxylic acid groups (broad SMARTS) is 1. The second kappa shape index (κ2) is 5.52. The van der Waals surface area contributed by atoms with Crippen LogP contribution in [0.15, 0.2) is 30.7 Å².